The molecule has 0 atom stereocenters. The molecule has 1 heterocycles. The van der Waals surface area contributed by atoms with E-state index in [-0.39, 0.29) is 23.9 Å². The third-order valence-electron chi connectivity index (χ3n) is 4.50. The molecule has 2 aromatic rings. The molecule has 0 unspecified atom stereocenters. The Bertz CT molecular complexity index is 908. The zero-order valence-corrected chi connectivity index (χ0v) is 15.6. The Balaban J connectivity index is 1.65. The SMILES string of the molecule is CC(C)(NC(=O)CCN1C(=O)c2ccccc2C1=O)c1ccc(F)cc1Cl. The molecule has 27 heavy (non-hydrogen) atoms. The van der Waals surface area contributed by atoms with Crippen LogP contribution < -0.4 is 5.32 Å². The van der Waals surface area contributed by atoms with Gasteiger partial charge in [0.1, 0.15) is 5.82 Å². The van der Waals surface area contributed by atoms with Crippen molar-refractivity contribution >= 4 is 29.3 Å². The lowest BCUT2D eigenvalue weighted by Gasteiger charge is -2.28. The minimum absolute atomic E-state index is 0.0224. The summed E-state index contributed by atoms with van der Waals surface area (Å²) in [5.41, 5.74) is 0.423. The van der Waals surface area contributed by atoms with Crippen molar-refractivity contribution in [1.82, 2.24) is 10.2 Å². The molecule has 5 nitrogen and oxygen atoms in total. The van der Waals surface area contributed by atoms with E-state index in [0.29, 0.717) is 16.7 Å². The summed E-state index contributed by atoms with van der Waals surface area (Å²) in [6.45, 7) is 3.46. The molecule has 3 amide bonds. The number of hydrogen-bond donors (Lipinski definition) is 1. The van der Waals surface area contributed by atoms with E-state index in [9.17, 15) is 18.8 Å². The maximum absolute atomic E-state index is 13.2. The van der Waals surface area contributed by atoms with Gasteiger partial charge in [-0.3, -0.25) is 19.3 Å². The van der Waals surface area contributed by atoms with Crippen molar-refractivity contribution in [2.45, 2.75) is 25.8 Å². The van der Waals surface area contributed by atoms with Crippen LogP contribution in [0.5, 0.6) is 0 Å². The summed E-state index contributed by atoms with van der Waals surface area (Å²) in [5.74, 6) is -1.61. The van der Waals surface area contributed by atoms with Crippen molar-refractivity contribution in [3.05, 3.63) is 70.0 Å². The van der Waals surface area contributed by atoms with Crippen LogP contribution in [-0.4, -0.2) is 29.2 Å². The van der Waals surface area contributed by atoms with Crippen LogP contribution in [0.3, 0.4) is 0 Å². The van der Waals surface area contributed by atoms with E-state index < -0.39 is 23.2 Å². The molecule has 1 aliphatic heterocycles. The number of nitrogens with zero attached hydrogens (tertiary/aromatic N) is 1. The zero-order chi connectivity index (χ0) is 19.8. The van der Waals surface area contributed by atoms with Crippen molar-refractivity contribution < 1.29 is 18.8 Å². The third kappa shape index (κ3) is 3.71. The van der Waals surface area contributed by atoms with Crippen molar-refractivity contribution in [3.8, 4) is 0 Å². The molecule has 0 bridgehead atoms. The lowest BCUT2D eigenvalue weighted by Crippen LogP contribution is -2.43. The molecular formula is C20H18ClFN2O3. The van der Waals surface area contributed by atoms with Gasteiger partial charge in [0.2, 0.25) is 5.91 Å². The first kappa shape index (κ1) is 19.0. The number of carbonyl (C=O) groups is 3. The molecule has 0 aromatic heterocycles. The predicted octanol–water partition coefficient (Wildman–Crippen LogP) is 3.52. The number of amides is 3. The van der Waals surface area contributed by atoms with E-state index in [4.69, 9.17) is 11.6 Å². The van der Waals surface area contributed by atoms with Crippen LogP contribution in [0.15, 0.2) is 42.5 Å². The summed E-state index contributed by atoms with van der Waals surface area (Å²) in [7, 11) is 0. The van der Waals surface area contributed by atoms with Gasteiger partial charge in [-0.1, -0.05) is 29.8 Å². The molecule has 0 fully saturated rings. The standard InChI is InChI=1S/C20H18ClFN2O3/c1-20(2,15-8-7-12(22)11-16(15)21)23-17(25)9-10-24-18(26)13-5-3-4-6-14(13)19(24)27/h3-8,11H,9-10H2,1-2H3,(H,23,25). The van der Waals surface area contributed by atoms with Gasteiger partial charge < -0.3 is 5.32 Å². The topological polar surface area (TPSA) is 66.5 Å². The second-order valence-electron chi connectivity index (χ2n) is 6.85. The highest BCUT2D eigenvalue weighted by atomic mass is 35.5. The third-order valence-corrected chi connectivity index (χ3v) is 4.81. The van der Waals surface area contributed by atoms with Gasteiger partial charge in [-0.2, -0.15) is 0 Å². The fourth-order valence-electron chi connectivity index (χ4n) is 3.13. The molecule has 0 saturated heterocycles. The minimum atomic E-state index is -0.843. The van der Waals surface area contributed by atoms with Gasteiger partial charge in [0.25, 0.3) is 11.8 Å². The summed E-state index contributed by atoms with van der Waals surface area (Å²) in [5, 5.41) is 3.02. The van der Waals surface area contributed by atoms with Gasteiger partial charge in [0.15, 0.2) is 0 Å². The number of imide groups is 1. The molecule has 0 spiro atoms. The van der Waals surface area contributed by atoms with Gasteiger partial charge in [-0.15, -0.1) is 0 Å². The van der Waals surface area contributed by atoms with Crippen LogP contribution >= 0.6 is 11.6 Å². The number of nitrogens with one attached hydrogen (secondary N) is 1. The van der Waals surface area contributed by atoms with Crippen LogP contribution in [0.4, 0.5) is 4.39 Å². The fourth-order valence-corrected chi connectivity index (χ4v) is 3.53. The van der Waals surface area contributed by atoms with Crippen LogP contribution in [-0.2, 0) is 10.3 Å². The van der Waals surface area contributed by atoms with E-state index in [1.165, 1.54) is 18.2 Å². The first-order valence-corrected chi connectivity index (χ1v) is 8.80. The van der Waals surface area contributed by atoms with E-state index >= 15 is 0 Å². The molecule has 7 heteroatoms. The quantitative estimate of drug-likeness (QED) is 0.797. The van der Waals surface area contributed by atoms with E-state index in [1.807, 2.05) is 0 Å². The van der Waals surface area contributed by atoms with Crippen molar-refractivity contribution in [1.29, 1.82) is 0 Å². The number of carbonyl (C=O) groups excluding carboxylic acids is 3. The van der Waals surface area contributed by atoms with Crippen LogP contribution in [0.25, 0.3) is 0 Å². The Labute approximate surface area is 161 Å². The van der Waals surface area contributed by atoms with E-state index in [0.717, 1.165) is 4.90 Å². The summed E-state index contributed by atoms with van der Waals surface area (Å²) >= 11 is 6.08. The van der Waals surface area contributed by atoms with Gasteiger partial charge in [-0.05, 0) is 43.7 Å². The maximum atomic E-state index is 13.2. The summed E-state index contributed by atoms with van der Waals surface area (Å²) < 4.78 is 13.2. The Kier molecular flexibility index (Phi) is 5.02. The predicted molar refractivity (Wildman–Crippen MR) is 99.0 cm³/mol. The highest BCUT2D eigenvalue weighted by Crippen LogP contribution is 2.28. The molecule has 1 aliphatic rings. The normalized spacial score (nSPS) is 13.7. The van der Waals surface area contributed by atoms with Gasteiger partial charge in [0, 0.05) is 18.0 Å². The van der Waals surface area contributed by atoms with Gasteiger partial charge in [0.05, 0.1) is 16.7 Å². The average Bonchev–Trinajstić information content (AvgIpc) is 2.83. The van der Waals surface area contributed by atoms with Crippen LogP contribution in [0, 0.1) is 5.82 Å². The van der Waals surface area contributed by atoms with Crippen molar-refractivity contribution in [3.63, 3.8) is 0 Å². The lowest BCUT2D eigenvalue weighted by molar-refractivity contribution is -0.122. The first-order valence-electron chi connectivity index (χ1n) is 8.42. The molecule has 0 radical (unpaired) electrons. The fraction of sp³-hybridized carbons (Fsp3) is 0.250. The summed E-state index contributed by atoms with van der Waals surface area (Å²) in [4.78, 5) is 38.1. The van der Waals surface area contributed by atoms with Crippen LogP contribution in [0.1, 0.15) is 46.5 Å². The minimum Gasteiger partial charge on any atom is -0.347 e. The van der Waals surface area contributed by atoms with Gasteiger partial charge in [-0.25, -0.2) is 4.39 Å². The molecule has 0 aliphatic carbocycles. The van der Waals surface area contributed by atoms with E-state index in [2.05, 4.69) is 5.32 Å². The Morgan fingerprint density at radius 3 is 2.26 bits per heavy atom. The van der Waals surface area contributed by atoms with Crippen molar-refractivity contribution in [2.24, 2.45) is 0 Å². The summed E-state index contributed by atoms with van der Waals surface area (Å²) in [6, 6.07) is 10.5. The molecule has 1 N–H and O–H groups in total. The monoisotopic (exact) mass is 388 g/mol. The number of fused-ring (bicyclic) bond motifs is 1. The number of hydrogen-bond acceptors (Lipinski definition) is 3. The second-order valence-corrected chi connectivity index (χ2v) is 7.26. The van der Waals surface area contributed by atoms with Crippen LogP contribution in [0.2, 0.25) is 5.02 Å². The first-order chi connectivity index (χ1) is 12.7. The number of halogens is 2. The van der Waals surface area contributed by atoms with Crippen molar-refractivity contribution in [2.75, 3.05) is 6.54 Å². The molecule has 3 rings (SSSR count). The Morgan fingerprint density at radius 2 is 1.70 bits per heavy atom. The van der Waals surface area contributed by atoms with Gasteiger partial charge >= 0.3 is 0 Å². The maximum Gasteiger partial charge on any atom is 0.261 e. The summed E-state index contributed by atoms with van der Waals surface area (Å²) in [6.07, 6.45) is -0.0479. The highest BCUT2D eigenvalue weighted by molar-refractivity contribution is 6.31. The molecule has 2 aromatic carbocycles. The zero-order valence-electron chi connectivity index (χ0n) is 14.9. The number of rotatable bonds is 5. The smallest absolute Gasteiger partial charge is 0.261 e. The second kappa shape index (κ2) is 7.12. The largest absolute Gasteiger partial charge is 0.347 e. The Morgan fingerprint density at radius 1 is 1.11 bits per heavy atom. The average molecular weight is 389 g/mol. The van der Waals surface area contributed by atoms with E-state index in [1.54, 1.807) is 38.1 Å². The molecule has 0 saturated carbocycles. The Hall–Kier alpha value is -2.73. The molecule has 140 valence electrons. The highest BCUT2D eigenvalue weighted by Gasteiger charge is 2.35. The number of benzene rings is 2. The molecular weight excluding hydrogens is 371 g/mol. The lowest BCUT2D eigenvalue weighted by atomic mass is 9.94.